The minimum atomic E-state index is -0.366. The second kappa shape index (κ2) is 5.33. The maximum atomic E-state index is 13.2. The molecule has 2 rings (SSSR count). The number of benzene rings is 2. The normalized spacial score (nSPS) is 10.1. The average Bonchev–Trinajstić information content (AvgIpc) is 2.34. The lowest BCUT2D eigenvalue weighted by Gasteiger charge is -2.12. The number of rotatable bonds is 3. The van der Waals surface area contributed by atoms with Gasteiger partial charge in [-0.15, -0.1) is 0 Å². The lowest BCUT2D eigenvalue weighted by molar-refractivity contribution is 0.628. The van der Waals surface area contributed by atoms with E-state index in [0.717, 1.165) is 0 Å². The molecule has 0 saturated heterocycles. The summed E-state index contributed by atoms with van der Waals surface area (Å²) in [6.07, 6.45) is 0. The van der Waals surface area contributed by atoms with Crippen molar-refractivity contribution in [2.24, 2.45) is 5.73 Å². The molecule has 0 aromatic heterocycles. The van der Waals surface area contributed by atoms with Crippen LogP contribution in [0.25, 0.3) is 0 Å². The molecule has 0 heterocycles. The second-order valence-electron chi connectivity index (χ2n) is 3.66. The monoisotopic (exact) mass is 280 g/mol. The highest BCUT2D eigenvalue weighted by Crippen LogP contribution is 2.27. The van der Waals surface area contributed by atoms with E-state index in [1.54, 1.807) is 12.1 Å². The van der Waals surface area contributed by atoms with Crippen LogP contribution in [-0.4, -0.2) is 4.99 Å². The van der Waals surface area contributed by atoms with Gasteiger partial charge in [-0.2, -0.15) is 0 Å². The molecule has 0 aliphatic rings. The summed E-state index contributed by atoms with van der Waals surface area (Å²) in [4.78, 5) is 0.269. The van der Waals surface area contributed by atoms with Crippen LogP contribution >= 0.6 is 23.8 Å². The number of thiocarbonyl (C=S) groups is 1. The SMILES string of the molecule is NC(=S)c1ccccc1Nc1cc(F)ccc1Cl. The lowest BCUT2D eigenvalue weighted by atomic mass is 10.1. The van der Waals surface area contributed by atoms with Crippen molar-refractivity contribution in [1.82, 2.24) is 0 Å². The third-order valence-corrected chi connectivity index (χ3v) is 2.94. The van der Waals surface area contributed by atoms with Gasteiger partial charge in [-0.1, -0.05) is 36.0 Å². The molecule has 3 N–H and O–H groups in total. The fraction of sp³-hybridized carbons (Fsp3) is 0. The van der Waals surface area contributed by atoms with E-state index in [9.17, 15) is 4.39 Å². The van der Waals surface area contributed by atoms with Crippen molar-refractivity contribution >= 4 is 40.2 Å². The van der Waals surface area contributed by atoms with Crippen LogP contribution < -0.4 is 11.1 Å². The zero-order valence-electron chi connectivity index (χ0n) is 9.28. The summed E-state index contributed by atoms with van der Waals surface area (Å²) in [7, 11) is 0. The van der Waals surface area contributed by atoms with E-state index < -0.39 is 0 Å². The number of para-hydroxylation sites is 1. The Morgan fingerprint density at radius 3 is 2.61 bits per heavy atom. The van der Waals surface area contributed by atoms with Crippen LogP contribution in [-0.2, 0) is 0 Å². The minimum Gasteiger partial charge on any atom is -0.389 e. The standard InChI is InChI=1S/C13H10ClFN2S/c14-10-6-5-8(15)7-12(10)17-11-4-2-1-3-9(11)13(16)18/h1-7,17H,(H2,16,18). The van der Waals surface area contributed by atoms with Gasteiger partial charge in [-0.3, -0.25) is 0 Å². The highest BCUT2D eigenvalue weighted by atomic mass is 35.5. The molecule has 0 radical (unpaired) electrons. The molecule has 0 atom stereocenters. The molecule has 0 bridgehead atoms. The van der Waals surface area contributed by atoms with Crippen LogP contribution in [0.1, 0.15) is 5.56 Å². The van der Waals surface area contributed by atoms with Gasteiger partial charge in [0.1, 0.15) is 10.8 Å². The Balaban J connectivity index is 2.40. The smallest absolute Gasteiger partial charge is 0.125 e. The molecular formula is C13H10ClFN2S. The van der Waals surface area contributed by atoms with Crippen molar-refractivity contribution in [3.63, 3.8) is 0 Å². The van der Waals surface area contributed by atoms with Crippen molar-refractivity contribution in [1.29, 1.82) is 0 Å². The summed E-state index contributed by atoms with van der Waals surface area (Å²) < 4.78 is 13.2. The fourth-order valence-corrected chi connectivity index (χ4v) is 1.89. The summed E-state index contributed by atoms with van der Waals surface area (Å²) in [6, 6.07) is 11.4. The van der Waals surface area contributed by atoms with Gasteiger partial charge in [0.2, 0.25) is 0 Å². The molecule has 0 amide bonds. The van der Waals surface area contributed by atoms with E-state index in [4.69, 9.17) is 29.6 Å². The van der Waals surface area contributed by atoms with Crippen LogP contribution in [0.3, 0.4) is 0 Å². The number of nitrogens with one attached hydrogen (secondary N) is 1. The van der Waals surface area contributed by atoms with Crippen LogP contribution in [0, 0.1) is 5.82 Å². The lowest BCUT2D eigenvalue weighted by Crippen LogP contribution is -2.11. The van der Waals surface area contributed by atoms with Crippen molar-refractivity contribution in [3.8, 4) is 0 Å². The zero-order valence-corrected chi connectivity index (χ0v) is 10.9. The first-order chi connectivity index (χ1) is 8.58. The number of halogens is 2. The molecule has 0 aliphatic heterocycles. The van der Waals surface area contributed by atoms with Gasteiger partial charge < -0.3 is 11.1 Å². The first-order valence-corrected chi connectivity index (χ1v) is 5.97. The topological polar surface area (TPSA) is 38.0 Å². The maximum absolute atomic E-state index is 13.2. The summed E-state index contributed by atoms with van der Waals surface area (Å²) in [5.41, 5.74) is 7.47. The van der Waals surface area contributed by atoms with Crippen molar-refractivity contribution < 1.29 is 4.39 Å². The molecule has 0 unspecified atom stereocenters. The van der Waals surface area contributed by atoms with Crippen molar-refractivity contribution in [2.45, 2.75) is 0 Å². The molecule has 0 aliphatic carbocycles. The number of hydrogen-bond donors (Lipinski definition) is 2. The molecule has 2 aromatic rings. The predicted molar refractivity (Wildman–Crippen MR) is 77.0 cm³/mol. The van der Waals surface area contributed by atoms with E-state index in [0.29, 0.717) is 22.0 Å². The summed E-state index contributed by atoms with van der Waals surface area (Å²) in [5, 5.41) is 3.45. The van der Waals surface area contributed by atoms with Gasteiger partial charge in [0, 0.05) is 11.3 Å². The first kappa shape index (κ1) is 12.8. The third kappa shape index (κ3) is 2.78. The molecule has 0 saturated carbocycles. The molecule has 0 fully saturated rings. The molecule has 92 valence electrons. The van der Waals surface area contributed by atoms with Crippen molar-refractivity contribution in [3.05, 3.63) is 58.9 Å². The Hall–Kier alpha value is -1.65. The highest BCUT2D eigenvalue weighted by Gasteiger charge is 2.07. The molecule has 5 heteroatoms. The number of nitrogens with two attached hydrogens (primary N) is 1. The Labute approximate surface area is 115 Å². The second-order valence-corrected chi connectivity index (χ2v) is 4.51. The van der Waals surface area contributed by atoms with Crippen molar-refractivity contribution in [2.75, 3.05) is 5.32 Å². The van der Waals surface area contributed by atoms with Crippen LogP contribution in [0.4, 0.5) is 15.8 Å². The molecular weight excluding hydrogens is 271 g/mol. The Kier molecular flexibility index (Phi) is 3.79. The maximum Gasteiger partial charge on any atom is 0.125 e. The van der Waals surface area contributed by atoms with E-state index >= 15 is 0 Å². The van der Waals surface area contributed by atoms with Gasteiger partial charge in [-0.25, -0.2) is 4.39 Å². The summed E-state index contributed by atoms with van der Waals surface area (Å²) in [5.74, 6) is -0.366. The Morgan fingerprint density at radius 2 is 1.89 bits per heavy atom. The van der Waals surface area contributed by atoms with E-state index in [-0.39, 0.29) is 10.8 Å². The highest BCUT2D eigenvalue weighted by molar-refractivity contribution is 7.80. The molecule has 2 aromatic carbocycles. The number of hydrogen-bond acceptors (Lipinski definition) is 2. The largest absolute Gasteiger partial charge is 0.389 e. The van der Waals surface area contributed by atoms with Crippen LogP contribution in [0.5, 0.6) is 0 Å². The predicted octanol–water partition coefficient (Wildman–Crippen LogP) is 3.86. The van der Waals surface area contributed by atoms with Gasteiger partial charge in [-0.05, 0) is 30.3 Å². The minimum absolute atomic E-state index is 0.269. The van der Waals surface area contributed by atoms with Crippen LogP contribution in [0.15, 0.2) is 42.5 Å². The first-order valence-electron chi connectivity index (χ1n) is 5.19. The van der Waals surface area contributed by atoms with Gasteiger partial charge in [0.15, 0.2) is 0 Å². The third-order valence-electron chi connectivity index (χ3n) is 2.39. The summed E-state index contributed by atoms with van der Waals surface area (Å²) in [6.45, 7) is 0. The zero-order chi connectivity index (χ0) is 13.1. The quantitative estimate of drug-likeness (QED) is 0.839. The molecule has 0 spiro atoms. The van der Waals surface area contributed by atoms with Gasteiger partial charge >= 0.3 is 0 Å². The Morgan fingerprint density at radius 1 is 1.17 bits per heavy atom. The summed E-state index contributed by atoms with van der Waals surface area (Å²) >= 11 is 10.9. The van der Waals surface area contributed by atoms with E-state index in [1.165, 1.54) is 18.2 Å². The number of anilines is 2. The van der Waals surface area contributed by atoms with Gasteiger partial charge in [0.05, 0.1) is 10.7 Å². The Bertz CT molecular complexity index is 601. The van der Waals surface area contributed by atoms with E-state index in [1.807, 2.05) is 12.1 Å². The molecule has 2 nitrogen and oxygen atoms in total. The van der Waals surface area contributed by atoms with Crippen LogP contribution in [0.2, 0.25) is 5.02 Å². The average molecular weight is 281 g/mol. The fourth-order valence-electron chi connectivity index (χ4n) is 1.55. The van der Waals surface area contributed by atoms with E-state index in [2.05, 4.69) is 5.32 Å². The molecule has 18 heavy (non-hydrogen) atoms. The van der Waals surface area contributed by atoms with Gasteiger partial charge in [0.25, 0.3) is 0 Å².